The van der Waals surface area contributed by atoms with Crippen LogP contribution in [-0.2, 0) is 4.74 Å². The maximum Gasteiger partial charge on any atom is 0.103 e. The predicted molar refractivity (Wildman–Crippen MR) is 67.1 cm³/mol. The van der Waals surface area contributed by atoms with Crippen molar-refractivity contribution in [3.63, 3.8) is 0 Å². The van der Waals surface area contributed by atoms with Gasteiger partial charge in [-0.1, -0.05) is 28.1 Å². The van der Waals surface area contributed by atoms with E-state index in [1.54, 1.807) is 6.26 Å². The fraction of sp³-hybridized carbons (Fsp3) is 0.385. The molecule has 0 saturated heterocycles. The Morgan fingerprint density at radius 3 is 2.88 bits per heavy atom. The second kappa shape index (κ2) is 5.02. The van der Waals surface area contributed by atoms with E-state index in [4.69, 9.17) is 4.74 Å². The van der Waals surface area contributed by atoms with Gasteiger partial charge in [-0.15, -0.1) is 0 Å². The van der Waals surface area contributed by atoms with Crippen molar-refractivity contribution < 1.29 is 9.84 Å². The van der Waals surface area contributed by atoms with Gasteiger partial charge >= 0.3 is 0 Å². The van der Waals surface area contributed by atoms with Crippen LogP contribution in [0.4, 0.5) is 0 Å². The molecule has 86 valence electrons. The standard InChI is InChI=1S/C13H15BrO2/c1-9-4-5-10(7-12(9)14)13(15)11-3-2-6-16-8-11/h4-5,7-8,13,15H,2-3,6H2,1H3. The maximum absolute atomic E-state index is 10.2. The molecule has 1 unspecified atom stereocenters. The number of aryl methyl sites for hydroxylation is 1. The van der Waals surface area contributed by atoms with Gasteiger partial charge in [-0.2, -0.15) is 0 Å². The molecular weight excluding hydrogens is 268 g/mol. The highest BCUT2D eigenvalue weighted by Gasteiger charge is 2.16. The minimum atomic E-state index is -0.544. The lowest BCUT2D eigenvalue weighted by Gasteiger charge is -2.19. The van der Waals surface area contributed by atoms with Gasteiger partial charge in [0.2, 0.25) is 0 Å². The fourth-order valence-corrected chi connectivity index (χ4v) is 2.18. The molecular formula is C13H15BrO2. The number of halogens is 1. The summed E-state index contributed by atoms with van der Waals surface area (Å²) in [6.45, 7) is 2.79. The first-order valence-corrected chi connectivity index (χ1v) is 6.22. The average Bonchev–Trinajstić information content (AvgIpc) is 2.33. The lowest BCUT2D eigenvalue weighted by Crippen LogP contribution is -2.07. The van der Waals surface area contributed by atoms with Crippen molar-refractivity contribution in [2.24, 2.45) is 0 Å². The molecule has 1 aliphatic rings. The normalized spacial score (nSPS) is 17.6. The highest BCUT2D eigenvalue weighted by Crippen LogP contribution is 2.29. The smallest absolute Gasteiger partial charge is 0.103 e. The van der Waals surface area contributed by atoms with E-state index in [2.05, 4.69) is 15.9 Å². The van der Waals surface area contributed by atoms with Crippen molar-refractivity contribution in [1.29, 1.82) is 0 Å². The first kappa shape index (κ1) is 11.7. The zero-order valence-corrected chi connectivity index (χ0v) is 10.8. The van der Waals surface area contributed by atoms with E-state index in [1.807, 2.05) is 25.1 Å². The van der Waals surface area contributed by atoms with E-state index in [1.165, 1.54) is 5.56 Å². The minimum absolute atomic E-state index is 0.544. The van der Waals surface area contributed by atoms with E-state index in [-0.39, 0.29) is 0 Å². The van der Waals surface area contributed by atoms with Crippen molar-refractivity contribution in [3.8, 4) is 0 Å². The van der Waals surface area contributed by atoms with Crippen LogP contribution in [0.25, 0.3) is 0 Å². The molecule has 0 amide bonds. The van der Waals surface area contributed by atoms with E-state index in [0.717, 1.165) is 35.1 Å². The zero-order chi connectivity index (χ0) is 11.5. The van der Waals surface area contributed by atoms with Gasteiger partial charge in [0.25, 0.3) is 0 Å². The monoisotopic (exact) mass is 282 g/mol. The average molecular weight is 283 g/mol. The molecule has 16 heavy (non-hydrogen) atoms. The second-order valence-corrected chi connectivity index (χ2v) is 4.93. The Kier molecular flexibility index (Phi) is 3.66. The number of hydrogen-bond donors (Lipinski definition) is 1. The molecule has 0 radical (unpaired) electrons. The van der Waals surface area contributed by atoms with Crippen LogP contribution >= 0.6 is 15.9 Å². The summed E-state index contributed by atoms with van der Waals surface area (Å²) in [4.78, 5) is 0. The number of ether oxygens (including phenoxy) is 1. The van der Waals surface area contributed by atoms with Crippen LogP contribution in [0.1, 0.15) is 30.1 Å². The van der Waals surface area contributed by atoms with Crippen molar-refractivity contribution in [3.05, 3.63) is 45.6 Å². The zero-order valence-electron chi connectivity index (χ0n) is 9.24. The highest BCUT2D eigenvalue weighted by molar-refractivity contribution is 9.10. The predicted octanol–water partition coefficient (Wildman–Crippen LogP) is 3.49. The van der Waals surface area contributed by atoms with Gasteiger partial charge in [-0.25, -0.2) is 0 Å². The quantitative estimate of drug-likeness (QED) is 0.900. The number of hydrogen-bond acceptors (Lipinski definition) is 2. The first-order chi connectivity index (χ1) is 7.68. The van der Waals surface area contributed by atoms with Crippen molar-refractivity contribution in [1.82, 2.24) is 0 Å². The summed E-state index contributed by atoms with van der Waals surface area (Å²) < 4.78 is 6.27. The lowest BCUT2D eigenvalue weighted by molar-refractivity contribution is 0.170. The Hall–Kier alpha value is -0.800. The van der Waals surface area contributed by atoms with Crippen LogP contribution in [0.3, 0.4) is 0 Å². The topological polar surface area (TPSA) is 29.5 Å². The van der Waals surface area contributed by atoms with Crippen LogP contribution in [0.15, 0.2) is 34.5 Å². The van der Waals surface area contributed by atoms with Crippen LogP contribution in [0.5, 0.6) is 0 Å². The lowest BCUT2D eigenvalue weighted by atomic mass is 9.97. The molecule has 2 rings (SSSR count). The van der Waals surface area contributed by atoms with Crippen molar-refractivity contribution in [2.45, 2.75) is 25.9 Å². The summed E-state index contributed by atoms with van der Waals surface area (Å²) >= 11 is 3.48. The molecule has 1 aromatic rings. The molecule has 2 nitrogen and oxygen atoms in total. The number of aliphatic hydroxyl groups excluding tert-OH is 1. The number of aliphatic hydroxyl groups is 1. The highest BCUT2D eigenvalue weighted by atomic mass is 79.9. The number of rotatable bonds is 2. The molecule has 0 bridgehead atoms. The third kappa shape index (κ3) is 2.47. The van der Waals surface area contributed by atoms with Crippen molar-refractivity contribution >= 4 is 15.9 Å². The molecule has 1 atom stereocenters. The van der Waals surface area contributed by atoms with Gasteiger partial charge in [-0.05, 0) is 42.5 Å². The third-order valence-electron chi connectivity index (χ3n) is 2.83. The van der Waals surface area contributed by atoms with Crippen LogP contribution in [-0.4, -0.2) is 11.7 Å². The SMILES string of the molecule is Cc1ccc(C(O)C2=COCCC2)cc1Br. The Morgan fingerprint density at radius 2 is 2.25 bits per heavy atom. The summed E-state index contributed by atoms with van der Waals surface area (Å²) in [6.07, 6.45) is 3.04. The molecule has 1 aliphatic heterocycles. The molecule has 1 N–H and O–H groups in total. The summed E-state index contributed by atoms with van der Waals surface area (Å²) in [5.41, 5.74) is 3.04. The first-order valence-electron chi connectivity index (χ1n) is 5.43. The molecule has 0 aliphatic carbocycles. The summed E-state index contributed by atoms with van der Waals surface area (Å²) in [5, 5.41) is 10.2. The molecule has 3 heteroatoms. The third-order valence-corrected chi connectivity index (χ3v) is 3.68. The van der Waals surface area contributed by atoms with Gasteiger partial charge in [0.05, 0.1) is 12.9 Å². The summed E-state index contributed by atoms with van der Waals surface area (Å²) in [5.74, 6) is 0. The molecule has 0 aromatic heterocycles. The Bertz CT molecular complexity index is 412. The minimum Gasteiger partial charge on any atom is -0.501 e. The van der Waals surface area contributed by atoms with E-state index < -0.39 is 6.10 Å². The Labute approximate surface area is 104 Å². The summed E-state index contributed by atoms with van der Waals surface area (Å²) in [7, 11) is 0. The summed E-state index contributed by atoms with van der Waals surface area (Å²) in [6, 6.07) is 5.93. The largest absolute Gasteiger partial charge is 0.501 e. The van der Waals surface area contributed by atoms with Gasteiger partial charge in [-0.3, -0.25) is 0 Å². The number of benzene rings is 1. The van der Waals surface area contributed by atoms with Crippen molar-refractivity contribution in [2.75, 3.05) is 6.61 Å². The van der Waals surface area contributed by atoms with Crippen LogP contribution in [0.2, 0.25) is 0 Å². The van der Waals surface area contributed by atoms with Crippen LogP contribution in [0, 0.1) is 6.92 Å². The van der Waals surface area contributed by atoms with Crippen LogP contribution < -0.4 is 0 Å². The Morgan fingerprint density at radius 1 is 1.44 bits per heavy atom. The van der Waals surface area contributed by atoms with Gasteiger partial charge in [0.1, 0.15) is 6.10 Å². The van der Waals surface area contributed by atoms with E-state index >= 15 is 0 Å². The molecule has 0 spiro atoms. The van der Waals surface area contributed by atoms with E-state index in [0.29, 0.717) is 0 Å². The molecule has 1 aromatic carbocycles. The van der Waals surface area contributed by atoms with Gasteiger partial charge in [0, 0.05) is 4.47 Å². The molecule has 1 heterocycles. The molecule has 0 fully saturated rings. The Balaban J connectivity index is 2.22. The van der Waals surface area contributed by atoms with Gasteiger partial charge < -0.3 is 9.84 Å². The molecule has 0 saturated carbocycles. The van der Waals surface area contributed by atoms with Gasteiger partial charge in [0.15, 0.2) is 0 Å². The van der Waals surface area contributed by atoms with E-state index in [9.17, 15) is 5.11 Å². The second-order valence-electron chi connectivity index (χ2n) is 4.08. The fourth-order valence-electron chi connectivity index (χ4n) is 1.78. The maximum atomic E-state index is 10.2.